The molecular formula is C11H13NO3. The van der Waals surface area contributed by atoms with Crippen molar-refractivity contribution in [3.05, 3.63) is 30.3 Å². The maximum absolute atomic E-state index is 11.4. The Hall–Kier alpha value is -1.39. The largest absolute Gasteiger partial charge is 0.342 e. The van der Waals surface area contributed by atoms with Gasteiger partial charge in [0.25, 0.3) is 0 Å². The SMILES string of the molecule is CC1OC1OCC(=O)Nc1ccccc1. The molecule has 0 aliphatic carbocycles. The van der Waals surface area contributed by atoms with Gasteiger partial charge in [-0.3, -0.25) is 4.79 Å². The Bertz CT molecular complexity index is 339. The molecule has 2 rings (SSSR count). The van der Waals surface area contributed by atoms with Crippen LogP contribution in [-0.2, 0) is 14.3 Å². The lowest BCUT2D eigenvalue weighted by molar-refractivity contribution is -0.122. The Labute approximate surface area is 88.2 Å². The monoisotopic (exact) mass is 207 g/mol. The summed E-state index contributed by atoms with van der Waals surface area (Å²) in [5, 5.41) is 2.72. The predicted molar refractivity (Wildman–Crippen MR) is 55.4 cm³/mol. The smallest absolute Gasteiger partial charge is 0.250 e. The summed E-state index contributed by atoms with van der Waals surface area (Å²) in [4.78, 5) is 11.4. The van der Waals surface area contributed by atoms with Crippen molar-refractivity contribution < 1.29 is 14.3 Å². The molecule has 1 heterocycles. The summed E-state index contributed by atoms with van der Waals surface area (Å²) < 4.78 is 10.2. The van der Waals surface area contributed by atoms with Crippen molar-refractivity contribution in [3.63, 3.8) is 0 Å². The number of carbonyl (C=O) groups is 1. The number of anilines is 1. The standard InChI is InChI=1S/C11H13NO3/c1-8-11(15-8)14-7-10(13)12-9-5-3-2-4-6-9/h2-6,8,11H,7H2,1H3,(H,12,13). The molecule has 1 amide bonds. The van der Waals surface area contributed by atoms with Crippen molar-refractivity contribution in [1.29, 1.82) is 0 Å². The lowest BCUT2D eigenvalue weighted by atomic mass is 10.3. The summed E-state index contributed by atoms with van der Waals surface area (Å²) in [5.74, 6) is -0.163. The van der Waals surface area contributed by atoms with Gasteiger partial charge >= 0.3 is 0 Å². The van der Waals surface area contributed by atoms with Crippen LogP contribution in [0.2, 0.25) is 0 Å². The van der Waals surface area contributed by atoms with Gasteiger partial charge in [0.05, 0.1) is 0 Å². The zero-order chi connectivity index (χ0) is 10.7. The highest BCUT2D eigenvalue weighted by molar-refractivity contribution is 5.91. The summed E-state index contributed by atoms with van der Waals surface area (Å²) in [5.41, 5.74) is 0.774. The summed E-state index contributed by atoms with van der Waals surface area (Å²) >= 11 is 0. The van der Waals surface area contributed by atoms with Gasteiger partial charge in [-0.05, 0) is 19.1 Å². The first-order valence-electron chi connectivity index (χ1n) is 4.87. The number of para-hydroxylation sites is 1. The average Bonchev–Trinajstić information content (AvgIpc) is 2.93. The normalized spacial score (nSPS) is 23.5. The maximum Gasteiger partial charge on any atom is 0.250 e. The second kappa shape index (κ2) is 4.42. The van der Waals surface area contributed by atoms with Crippen LogP contribution in [0.1, 0.15) is 6.92 Å². The van der Waals surface area contributed by atoms with Gasteiger partial charge in [0, 0.05) is 5.69 Å². The molecule has 1 aliphatic rings. The van der Waals surface area contributed by atoms with E-state index in [2.05, 4.69) is 5.32 Å². The van der Waals surface area contributed by atoms with E-state index in [1.807, 2.05) is 37.3 Å². The zero-order valence-electron chi connectivity index (χ0n) is 8.47. The van der Waals surface area contributed by atoms with E-state index in [-0.39, 0.29) is 24.9 Å². The zero-order valence-corrected chi connectivity index (χ0v) is 8.47. The van der Waals surface area contributed by atoms with Crippen molar-refractivity contribution in [3.8, 4) is 0 Å². The fourth-order valence-corrected chi connectivity index (χ4v) is 1.22. The third-order valence-electron chi connectivity index (χ3n) is 2.09. The fourth-order valence-electron chi connectivity index (χ4n) is 1.22. The molecule has 1 aromatic carbocycles. The minimum absolute atomic E-state index is 0.0316. The highest BCUT2D eigenvalue weighted by Crippen LogP contribution is 2.21. The third-order valence-corrected chi connectivity index (χ3v) is 2.09. The molecule has 0 bridgehead atoms. The molecule has 0 spiro atoms. The molecule has 1 aromatic rings. The van der Waals surface area contributed by atoms with Crippen LogP contribution in [0.5, 0.6) is 0 Å². The summed E-state index contributed by atoms with van der Waals surface area (Å²) in [6.45, 7) is 1.93. The van der Waals surface area contributed by atoms with Crippen LogP contribution in [-0.4, -0.2) is 24.9 Å². The Morgan fingerprint density at radius 2 is 2.13 bits per heavy atom. The van der Waals surface area contributed by atoms with Crippen molar-refractivity contribution in [2.24, 2.45) is 0 Å². The van der Waals surface area contributed by atoms with Gasteiger partial charge in [0.2, 0.25) is 5.91 Å². The first-order chi connectivity index (χ1) is 7.25. The molecule has 2 atom stereocenters. The van der Waals surface area contributed by atoms with E-state index in [0.717, 1.165) is 5.69 Å². The van der Waals surface area contributed by atoms with Crippen molar-refractivity contribution in [1.82, 2.24) is 0 Å². The number of amides is 1. The number of hydrogen-bond donors (Lipinski definition) is 1. The number of nitrogens with one attached hydrogen (secondary N) is 1. The third kappa shape index (κ3) is 3.04. The Morgan fingerprint density at radius 3 is 2.73 bits per heavy atom. The van der Waals surface area contributed by atoms with Gasteiger partial charge < -0.3 is 14.8 Å². The van der Waals surface area contributed by atoms with E-state index >= 15 is 0 Å². The highest BCUT2D eigenvalue weighted by Gasteiger charge is 2.35. The number of rotatable bonds is 4. The van der Waals surface area contributed by atoms with Gasteiger partial charge in [0.1, 0.15) is 12.7 Å². The van der Waals surface area contributed by atoms with Gasteiger partial charge in [-0.15, -0.1) is 0 Å². The first kappa shape index (κ1) is 10.1. The topological polar surface area (TPSA) is 50.9 Å². The van der Waals surface area contributed by atoms with Crippen molar-refractivity contribution >= 4 is 11.6 Å². The van der Waals surface area contributed by atoms with Crippen molar-refractivity contribution in [2.45, 2.75) is 19.3 Å². The average molecular weight is 207 g/mol. The van der Waals surface area contributed by atoms with Crippen LogP contribution < -0.4 is 5.32 Å². The molecule has 80 valence electrons. The maximum atomic E-state index is 11.4. The van der Waals surface area contributed by atoms with Gasteiger partial charge in [0.15, 0.2) is 6.29 Å². The van der Waals surface area contributed by atoms with Crippen LogP contribution >= 0.6 is 0 Å². The molecule has 1 saturated heterocycles. The molecule has 1 fully saturated rings. The number of ether oxygens (including phenoxy) is 2. The highest BCUT2D eigenvalue weighted by atomic mass is 16.8. The van der Waals surface area contributed by atoms with Crippen LogP contribution in [0.15, 0.2) is 30.3 Å². The molecule has 2 unspecified atom stereocenters. The van der Waals surface area contributed by atoms with Crippen LogP contribution in [0, 0.1) is 0 Å². The van der Waals surface area contributed by atoms with Gasteiger partial charge in [-0.1, -0.05) is 18.2 Å². The first-order valence-corrected chi connectivity index (χ1v) is 4.87. The molecular weight excluding hydrogens is 194 g/mol. The number of epoxide rings is 1. The van der Waals surface area contributed by atoms with Gasteiger partial charge in [-0.2, -0.15) is 0 Å². The minimum Gasteiger partial charge on any atom is -0.342 e. The molecule has 0 saturated carbocycles. The van der Waals surface area contributed by atoms with E-state index in [0.29, 0.717) is 0 Å². The van der Waals surface area contributed by atoms with Crippen molar-refractivity contribution in [2.75, 3.05) is 11.9 Å². The second-order valence-corrected chi connectivity index (χ2v) is 3.43. The van der Waals surface area contributed by atoms with Crippen LogP contribution in [0.4, 0.5) is 5.69 Å². The molecule has 1 N–H and O–H groups in total. The lowest BCUT2D eigenvalue weighted by Gasteiger charge is -2.04. The van der Waals surface area contributed by atoms with Crippen LogP contribution in [0.25, 0.3) is 0 Å². The molecule has 15 heavy (non-hydrogen) atoms. The summed E-state index contributed by atoms with van der Waals surface area (Å²) in [6, 6.07) is 9.28. The summed E-state index contributed by atoms with van der Waals surface area (Å²) in [7, 11) is 0. The fraction of sp³-hybridized carbons (Fsp3) is 0.364. The minimum atomic E-state index is -0.202. The number of hydrogen-bond acceptors (Lipinski definition) is 3. The van der Waals surface area contributed by atoms with Gasteiger partial charge in [-0.25, -0.2) is 0 Å². The lowest BCUT2D eigenvalue weighted by Crippen LogP contribution is -2.19. The number of carbonyl (C=O) groups excluding carboxylic acids is 1. The Balaban J connectivity index is 1.73. The van der Waals surface area contributed by atoms with E-state index < -0.39 is 0 Å². The van der Waals surface area contributed by atoms with E-state index in [1.165, 1.54) is 0 Å². The molecule has 0 aromatic heterocycles. The molecule has 1 aliphatic heterocycles. The summed E-state index contributed by atoms with van der Waals surface area (Å²) in [6.07, 6.45) is -0.0824. The second-order valence-electron chi connectivity index (χ2n) is 3.43. The quantitative estimate of drug-likeness (QED) is 0.759. The van der Waals surface area contributed by atoms with E-state index in [1.54, 1.807) is 0 Å². The van der Waals surface area contributed by atoms with Crippen LogP contribution in [0.3, 0.4) is 0 Å². The Morgan fingerprint density at radius 1 is 1.47 bits per heavy atom. The van der Waals surface area contributed by atoms with E-state index in [9.17, 15) is 4.79 Å². The number of benzene rings is 1. The van der Waals surface area contributed by atoms with E-state index in [4.69, 9.17) is 9.47 Å². The molecule has 4 heteroatoms. The Kier molecular flexibility index (Phi) is 2.99. The predicted octanol–water partition coefficient (Wildman–Crippen LogP) is 1.39. The molecule has 4 nitrogen and oxygen atoms in total. The molecule has 0 radical (unpaired) electrons.